The Balaban J connectivity index is 2.00. The summed E-state index contributed by atoms with van der Waals surface area (Å²) in [5, 5.41) is 10.6. The van der Waals surface area contributed by atoms with Gasteiger partial charge >= 0.3 is 5.97 Å². The van der Waals surface area contributed by atoms with Gasteiger partial charge in [-0.15, -0.1) is 0 Å². The van der Waals surface area contributed by atoms with Gasteiger partial charge in [0, 0.05) is 5.56 Å². The van der Waals surface area contributed by atoms with Crippen LogP contribution in [0.3, 0.4) is 0 Å². The van der Waals surface area contributed by atoms with Gasteiger partial charge in [0.25, 0.3) is 0 Å². The van der Waals surface area contributed by atoms with Gasteiger partial charge in [-0.05, 0) is 28.8 Å². The van der Waals surface area contributed by atoms with E-state index in [-0.39, 0.29) is 12.4 Å². The number of ether oxygens (including phenoxy) is 2. The SMILES string of the molecule is COC(=O)Cc1ccc2c(c1)[C@@H](O)c1ccccc1CO2. The van der Waals surface area contributed by atoms with Crippen LogP contribution in [-0.4, -0.2) is 18.2 Å². The second-order valence-electron chi connectivity index (χ2n) is 5.02. The molecule has 3 rings (SSSR count). The Kier molecular flexibility index (Phi) is 3.62. The minimum absolute atomic E-state index is 0.179. The van der Waals surface area contributed by atoms with Crippen molar-refractivity contribution < 1.29 is 19.4 Å². The summed E-state index contributed by atoms with van der Waals surface area (Å²) in [6.07, 6.45) is -0.575. The maximum absolute atomic E-state index is 11.4. The predicted octanol–water partition coefficient (Wildman–Crippen LogP) is 2.38. The maximum atomic E-state index is 11.4. The molecule has 4 nitrogen and oxygen atoms in total. The van der Waals surface area contributed by atoms with Crippen LogP contribution in [0.25, 0.3) is 0 Å². The Hall–Kier alpha value is -2.33. The maximum Gasteiger partial charge on any atom is 0.309 e. The summed E-state index contributed by atoms with van der Waals surface area (Å²) >= 11 is 0. The van der Waals surface area contributed by atoms with Gasteiger partial charge < -0.3 is 14.6 Å². The molecule has 1 heterocycles. The molecule has 4 heteroatoms. The summed E-state index contributed by atoms with van der Waals surface area (Å²) in [7, 11) is 1.36. The molecule has 0 radical (unpaired) electrons. The molecular weight excluding hydrogens is 268 g/mol. The zero-order valence-corrected chi connectivity index (χ0v) is 11.7. The van der Waals surface area contributed by atoms with Gasteiger partial charge in [-0.2, -0.15) is 0 Å². The highest BCUT2D eigenvalue weighted by atomic mass is 16.5. The zero-order valence-electron chi connectivity index (χ0n) is 11.7. The standard InChI is InChI=1S/C17H16O4/c1-20-16(18)9-11-6-7-15-14(8-11)17(19)13-5-3-2-4-12(13)10-21-15/h2-8,17,19H,9-10H2,1H3/t17-/m0/s1. The number of aliphatic hydroxyl groups is 1. The largest absolute Gasteiger partial charge is 0.488 e. The lowest BCUT2D eigenvalue weighted by atomic mass is 9.96. The quantitative estimate of drug-likeness (QED) is 0.860. The van der Waals surface area contributed by atoms with Gasteiger partial charge in [0.15, 0.2) is 0 Å². The molecule has 1 N–H and O–H groups in total. The zero-order chi connectivity index (χ0) is 14.8. The van der Waals surface area contributed by atoms with Crippen LogP contribution in [0.2, 0.25) is 0 Å². The number of aliphatic hydroxyl groups excluding tert-OH is 1. The molecule has 108 valence electrons. The topological polar surface area (TPSA) is 55.8 Å². The third-order valence-corrected chi connectivity index (χ3v) is 3.68. The molecule has 0 saturated carbocycles. The van der Waals surface area contributed by atoms with Gasteiger partial charge in [-0.25, -0.2) is 0 Å². The van der Waals surface area contributed by atoms with Crippen molar-refractivity contribution in [3.05, 3.63) is 64.7 Å². The fourth-order valence-electron chi connectivity index (χ4n) is 2.55. The first-order chi connectivity index (χ1) is 10.2. The number of hydrogen-bond acceptors (Lipinski definition) is 4. The minimum atomic E-state index is -0.753. The number of rotatable bonds is 2. The molecule has 0 amide bonds. The fourth-order valence-corrected chi connectivity index (χ4v) is 2.55. The third kappa shape index (κ3) is 2.62. The lowest BCUT2D eigenvalue weighted by Crippen LogP contribution is -2.06. The molecular formula is C17H16O4. The van der Waals surface area contributed by atoms with E-state index in [1.54, 1.807) is 12.1 Å². The van der Waals surface area contributed by atoms with Crippen molar-refractivity contribution >= 4 is 5.97 Å². The van der Waals surface area contributed by atoms with Crippen molar-refractivity contribution in [2.45, 2.75) is 19.1 Å². The van der Waals surface area contributed by atoms with E-state index in [0.717, 1.165) is 16.7 Å². The van der Waals surface area contributed by atoms with Crippen LogP contribution >= 0.6 is 0 Å². The first kappa shape index (κ1) is 13.6. The summed E-state index contributed by atoms with van der Waals surface area (Å²) < 4.78 is 10.4. The van der Waals surface area contributed by atoms with Crippen molar-refractivity contribution in [1.82, 2.24) is 0 Å². The lowest BCUT2D eigenvalue weighted by molar-refractivity contribution is -0.139. The summed E-state index contributed by atoms with van der Waals surface area (Å²) in [5.74, 6) is 0.340. The van der Waals surface area contributed by atoms with Gasteiger partial charge in [-0.1, -0.05) is 30.3 Å². The van der Waals surface area contributed by atoms with Crippen LogP contribution in [0.5, 0.6) is 5.75 Å². The van der Waals surface area contributed by atoms with Crippen LogP contribution in [0.1, 0.15) is 28.4 Å². The molecule has 1 atom stereocenters. The van der Waals surface area contributed by atoms with Crippen LogP contribution in [-0.2, 0) is 22.6 Å². The van der Waals surface area contributed by atoms with Crippen LogP contribution < -0.4 is 4.74 Å². The van der Waals surface area contributed by atoms with E-state index in [1.165, 1.54) is 7.11 Å². The van der Waals surface area contributed by atoms with Gasteiger partial charge in [-0.3, -0.25) is 4.79 Å². The molecule has 21 heavy (non-hydrogen) atoms. The highest BCUT2D eigenvalue weighted by Gasteiger charge is 2.23. The molecule has 1 aliphatic rings. The van der Waals surface area contributed by atoms with E-state index in [4.69, 9.17) is 4.74 Å². The molecule has 0 unspecified atom stereocenters. The third-order valence-electron chi connectivity index (χ3n) is 3.68. The predicted molar refractivity (Wildman–Crippen MR) is 77.0 cm³/mol. The Morgan fingerprint density at radius 2 is 2.10 bits per heavy atom. The highest BCUT2D eigenvalue weighted by Crippen LogP contribution is 2.36. The van der Waals surface area contributed by atoms with Crippen molar-refractivity contribution in [2.24, 2.45) is 0 Å². The molecule has 2 aromatic rings. The Bertz CT molecular complexity index is 678. The molecule has 1 aliphatic heterocycles. The van der Waals surface area contributed by atoms with E-state index in [0.29, 0.717) is 17.9 Å². The van der Waals surface area contributed by atoms with Crippen molar-refractivity contribution in [2.75, 3.05) is 7.11 Å². The fraction of sp³-hybridized carbons (Fsp3) is 0.235. The van der Waals surface area contributed by atoms with E-state index >= 15 is 0 Å². The normalized spacial score (nSPS) is 16.2. The summed E-state index contributed by atoms with van der Waals surface area (Å²) in [4.78, 5) is 11.4. The van der Waals surface area contributed by atoms with Crippen molar-refractivity contribution in [3.63, 3.8) is 0 Å². The number of esters is 1. The average Bonchev–Trinajstić information content (AvgIpc) is 2.65. The number of methoxy groups -OCH3 is 1. The lowest BCUT2D eigenvalue weighted by Gasteiger charge is -2.14. The number of carbonyl (C=O) groups is 1. The van der Waals surface area contributed by atoms with E-state index < -0.39 is 6.10 Å². The second-order valence-corrected chi connectivity index (χ2v) is 5.02. The molecule has 2 aromatic carbocycles. The van der Waals surface area contributed by atoms with Crippen molar-refractivity contribution in [3.8, 4) is 5.75 Å². The number of benzene rings is 2. The Morgan fingerprint density at radius 1 is 1.29 bits per heavy atom. The Morgan fingerprint density at radius 3 is 2.90 bits per heavy atom. The molecule has 0 spiro atoms. The van der Waals surface area contributed by atoms with Gasteiger partial charge in [0.05, 0.1) is 13.5 Å². The van der Waals surface area contributed by atoms with Crippen LogP contribution in [0.15, 0.2) is 42.5 Å². The molecule has 0 saturated heterocycles. The van der Waals surface area contributed by atoms with Crippen LogP contribution in [0, 0.1) is 0 Å². The summed E-state index contributed by atoms with van der Waals surface area (Å²) in [5.41, 5.74) is 3.28. The summed E-state index contributed by atoms with van der Waals surface area (Å²) in [6, 6.07) is 13.1. The second kappa shape index (κ2) is 5.58. The van der Waals surface area contributed by atoms with Gasteiger partial charge in [0.1, 0.15) is 18.5 Å². The molecule has 0 aromatic heterocycles. The molecule has 0 aliphatic carbocycles. The number of fused-ring (bicyclic) bond motifs is 2. The monoisotopic (exact) mass is 284 g/mol. The number of carbonyl (C=O) groups excluding carboxylic acids is 1. The van der Waals surface area contributed by atoms with Gasteiger partial charge in [0.2, 0.25) is 0 Å². The van der Waals surface area contributed by atoms with E-state index in [2.05, 4.69) is 4.74 Å². The van der Waals surface area contributed by atoms with E-state index in [1.807, 2.05) is 30.3 Å². The smallest absolute Gasteiger partial charge is 0.309 e. The summed E-state index contributed by atoms with van der Waals surface area (Å²) in [6.45, 7) is 0.427. The van der Waals surface area contributed by atoms with Crippen molar-refractivity contribution in [1.29, 1.82) is 0 Å². The Labute approximate surface area is 122 Å². The first-order valence-electron chi connectivity index (χ1n) is 6.77. The first-order valence-corrected chi connectivity index (χ1v) is 6.77. The average molecular weight is 284 g/mol. The highest BCUT2D eigenvalue weighted by molar-refractivity contribution is 5.72. The van der Waals surface area contributed by atoms with E-state index in [9.17, 15) is 9.90 Å². The number of hydrogen-bond donors (Lipinski definition) is 1. The minimum Gasteiger partial charge on any atom is -0.488 e. The molecule has 0 bridgehead atoms. The molecule has 0 fully saturated rings. The van der Waals surface area contributed by atoms with Crippen LogP contribution in [0.4, 0.5) is 0 Å².